The summed E-state index contributed by atoms with van der Waals surface area (Å²) in [5, 5.41) is 6.07. The fraction of sp³-hybridized carbons (Fsp3) is 0.733. The summed E-state index contributed by atoms with van der Waals surface area (Å²) in [7, 11) is 0. The van der Waals surface area contributed by atoms with Gasteiger partial charge in [0.15, 0.2) is 0 Å². The monoisotopic (exact) mass is 249 g/mol. The molecule has 0 spiro atoms. The largest absolute Gasteiger partial charge is 0.309 e. The van der Waals surface area contributed by atoms with Gasteiger partial charge in [-0.05, 0) is 67.5 Å². The van der Waals surface area contributed by atoms with Crippen molar-refractivity contribution < 1.29 is 0 Å². The van der Waals surface area contributed by atoms with E-state index in [0.717, 1.165) is 24.3 Å². The molecule has 2 saturated carbocycles. The molecule has 1 N–H and O–H groups in total. The molecular weight excluding hydrogens is 226 g/mol. The fourth-order valence-corrected chi connectivity index (χ4v) is 4.84. The van der Waals surface area contributed by atoms with Gasteiger partial charge in [-0.1, -0.05) is 13.3 Å². The molecule has 3 rings (SSSR count). The van der Waals surface area contributed by atoms with E-state index in [-0.39, 0.29) is 0 Å². The average molecular weight is 249 g/mol. The van der Waals surface area contributed by atoms with Crippen LogP contribution in [0.4, 0.5) is 0 Å². The maximum Gasteiger partial charge on any atom is 0.0451 e. The van der Waals surface area contributed by atoms with Crippen LogP contribution in [0.15, 0.2) is 11.4 Å². The van der Waals surface area contributed by atoms with Crippen LogP contribution in [0.2, 0.25) is 0 Å². The molecular formula is C15H23NS. The normalized spacial score (nSPS) is 32.5. The summed E-state index contributed by atoms with van der Waals surface area (Å²) >= 11 is 1.95. The molecule has 3 atom stereocenters. The van der Waals surface area contributed by atoms with Crippen molar-refractivity contribution in [3.8, 4) is 0 Å². The van der Waals surface area contributed by atoms with Crippen molar-refractivity contribution in [2.24, 2.45) is 17.8 Å². The molecule has 0 amide bonds. The van der Waals surface area contributed by atoms with E-state index in [1.165, 1.54) is 31.2 Å². The number of nitrogens with one attached hydrogen (secondary N) is 1. The van der Waals surface area contributed by atoms with Crippen LogP contribution in [0, 0.1) is 24.7 Å². The molecule has 2 aliphatic carbocycles. The molecule has 1 nitrogen and oxygen atoms in total. The van der Waals surface area contributed by atoms with Crippen LogP contribution >= 0.6 is 11.3 Å². The van der Waals surface area contributed by atoms with Gasteiger partial charge in [0.2, 0.25) is 0 Å². The van der Waals surface area contributed by atoms with Crippen LogP contribution in [-0.2, 0) is 0 Å². The van der Waals surface area contributed by atoms with Crippen molar-refractivity contribution in [2.75, 3.05) is 6.54 Å². The van der Waals surface area contributed by atoms with E-state index in [2.05, 4.69) is 30.6 Å². The summed E-state index contributed by atoms with van der Waals surface area (Å²) in [6, 6.07) is 2.93. The van der Waals surface area contributed by atoms with Crippen molar-refractivity contribution >= 4 is 11.3 Å². The lowest BCUT2D eigenvalue weighted by atomic mass is 10.0. The second-order valence-electron chi connectivity index (χ2n) is 5.74. The van der Waals surface area contributed by atoms with Crippen LogP contribution in [0.3, 0.4) is 0 Å². The summed E-state index contributed by atoms with van der Waals surface area (Å²) in [5.41, 5.74) is 1.49. The molecule has 0 saturated heterocycles. The van der Waals surface area contributed by atoms with Crippen molar-refractivity contribution in [2.45, 2.75) is 45.6 Å². The predicted octanol–water partition coefficient (Wildman–Crippen LogP) is 4.14. The zero-order valence-electron chi connectivity index (χ0n) is 10.9. The topological polar surface area (TPSA) is 12.0 Å². The Kier molecular flexibility index (Phi) is 3.27. The highest BCUT2D eigenvalue weighted by Crippen LogP contribution is 2.62. The molecule has 94 valence electrons. The van der Waals surface area contributed by atoms with Gasteiger partial charge in [-0.2, -0.15) is 0 Å². The van der Waals surface area contributed by atoms with Gasteiger partial charge in [0.1, 0.15) is 0 Å². The van der Waals surface area contributed by atoms with Crippen LogP contribution in [0.5, 0.6) is 0 Å². The van der Waals surface area contributed by atoms with Crippen LogP contribution in [0.25, 0.3) is 0 Å². The van der Waals surface area contributed by atoms with Gasteiger partial charge in [0.25, 0.3) is 0 Å². The molecule has 0 aromatic carbocycles. The third-order valence-corrected chi connectivity index (χ3v) is 5.76. The Bertz CT molecular complexity index is 374. The summed E-state index contributed by atoms with van der Waals surface area (Å²) < 4.78 is 0. The number of hydrogen-bond donors (Lipinski definition) is 1. The molecule has 2 aliphatic rings. The van der Waals surface area contributed by atoms with Gasteiger partial charge in [0, 0.05) is 10.9 Å². The Hall–Kier alpha value is -0.340. The number of fused-ring (bicyclic) bond motifs is 1. The van der Waals surface area contributed by atoms with Crippen molar-refractivity contribution in [1.29, 1.82) is 0 Å². The fourth-order valence-electron chi connectivity index (χ4n) is 3.78. The van der Waals surface area contributed by atoms with Gasteiger partial charge < -0.3 is 5.32 Å². The van der Waals surface area contributed by atoms with Gasteiger partial charge >= 0.3 is 0 Å². The Morgan fingerprint density at radius 1 is 1.41 bits per heavy atom. The third kappa shape index (κ3) is 2.06. The smallest absolute Gasteiger partial charge is 0.0451 e. The predicted molar refractivity (Wildman–Crippen MR) is 74.4 cm³/mol. The summed E-state index contributed by atoms with van der Waals surface area (Å²) in [6.07, 6.45) is 5.70. The Morgan fingerprint density at radius 2 is 2.18 bits per heavy atom. The highest BCUT2D eigenvalue weighted by Gasteiger charge is 2.56. The van der Waals surface area contributed by atoms with E-state index in [9.17, 15) is 0 Å². The number of hydrogen-bond acceptors (Lipinski definition) is 2. The Labute approximate surface area is 109 Å². The highest BCUT2D eigenvalue weighted by molar-refractivity contribution is 7.10. The molecule has 0 bridgehead atoms. The minimum Gasteiger partial charge on any atom is -0.309 e. The molecule has 3 unspecified atom stereocenters. The SMILES string of the molecule is CCCNC(c1sccc1C)C1C2CCCC21. The third-order valence-electron chi connectivity index (χ3n) is 4.66. The minimum atomic E-state index is 0.658. The Morgan fingerprint density at radius 3 is 2.76 bits per heavy atom. The lowest BCUT2D eigenvalue weighted by Gasteiger charge is -2.20. The van der Waals surface area contributed by atoms with Gasteiger partial charge in [-0.15, -0.1) is 11.3 Å². The molecule has 0 radical (unpaired) electrons. The molecule has 1 aromatic heterocycles. The first-order chi connectivity index (χ1) is 8.33. The number of rotatable bonds is 5. The van der Waals surface area contributed by atoms with Crippen LogP contribution in [0.1, 0.15) is 49.1 Å². The zero-order chi connectivity index (χ0) is 11.8. The van der Waals surface area contributed by atoms with Crippen molar-refractivity contribution in [1.82, 2.24) is 5.32 Å². The summed E-state index contributed by atoms with van der Waals surface area (Å²) in [4.78, 5) is 1.61. The first-order valence-electron chi connectivity index (χ1n) is 7.10. The van der Waals surface area contributed by atoms with Crippen LogP contribution in [-0.4, -0.2) is 6.54 Å². The lowest BCUT2D eigenvalue weighted by molar-refractivity contribution is 0.422. The molecule has 17 heavy (non-hydrogen) atoms. The zero-order valence-corrected chi connectivity index (χ0v) is 11.7. The van der Waals surface area contributed by atoms with E-state index >= 15 is 0 Å². The van der Waals surface area contributed by atoms with Gasteiger partial charge in [0.05, 0.1) is 0 Å². The average Bonchev–Trinajstić information content (AvgIpc) is 2.71. The molecule has 2 fully saturated rings. The van der Waals surface area contributed by atoms with E-state index in [0.29, 0.717) is 6.04 Å². The molecule has 1 aromatic rings. The quantitative estimate of drug-likeness (QED) is 0.827. The number of thiophene rings is 1. The molecule has 2 heteroatoms. The van der Waals surface area contributed by atoms with Gasteiger partial charge in [-0.3, -0.25) is 0 Å². The lowest BCUT2D eigenvalue weighted by Crippen LogP contribution is -2.25. The van der Waals surface area contributed by atoms with Crippen molar-refractivity contribution in [3.05, 3.63) is 21.9 Å². The van der Waals surface area contributed by atoms with E-state index in [1.807, 2.05) is 11.3 Å². The minimum absolute atomic E-state index is 0.658. The molecule has 1 heterocycles. The Balaban J connectivity index is 1.76. The standard InChI is InChI=1S/C15H23NS/c1-3-8-16-14(15-10(2)7-9-17-15)13-11-5-4-6-12(11)13/h7,9,11-14,16H,3-6,8H2,1-2H3. The maximum atomic E-state index is 3.81. The van der Waals surface area contributed by atoms with Gasteiger partial charge in [-0.25, -0.2) is 0 Å². The second-order valence-corrected chi connectivity index (χ2v) is 6.68. The summed E-state index contributed by atoms with van der Waals surface area (Å²) in [6.45, 7) is 5.70. The van der Waals surface area contributed by atoms with Crippen LogP contribution < -0.4 is 5.32 Å². The van der Waals surface area contributed by atoms with E-state index < -0.39 is 0 Å². The molecule has 0 aliphatic heterocycles. The maximum absolute atomic E-state index is 3.81. The second kappa shape index (κ2) is 4.74. The summed E-state index contributed by atoms with van der Waals surface area (Å²) in [5.74, 6) is 3.05. The first kappa shape index (κ1) is 11.7. The number of aryl methyl sites for hydroxylation is 1. The van der Waals surface area contributed by atoms with E-state index in [1.54, 1.807) is 4.88 Å². The highest BCUT2D eigenvalue weighted by atomic mass is 32.1. The van der Waals surface area contributed by atoms with E-state index in [4.69, 9.17) is 0 Å². The van der Waals surface area contributed by atoms with Crippen molar-refractivity contribution in [3.63, 3.8) is 0 Å². The first-order valence-corrected chi connectivity index (χ1v) is 7.98.